The molecule has 1 aromatic carbocycles. The van der Waals surface area contributed by atoms with Gasteiger partial charge in [0.25, 0.3) is 5.91 Å². The van der Waals surface area contributed by atoms with E-state index in [1.165, 1.54) is 0 Å². The summed E-state index contributed by atoms with van der Waals surface area (Å²) < 4.78 is 5.34. The minimum absolute atomic E-state index is 0.0162. The van der Waals surface area contributed by atoms with Crippen LogP contribution in [0.3, 0.4) is 0 Å². The number of rotatable bonds is 7. The van der Waals surface area contributed by atoms with Crippen molar-refractivity contribution < 1.29 is 9.53 Å². The third-order valence-corrected chi connectivity index (χ3v) is 4.03. The van der Waals surface area contributed by atoms with Gasteiger partial charge in [0.05, 0.1) is 25.7 Å². The number of nitrogens with one attached hydrogen (secondary N) is 1. The number of aryl methyl sites for hydroxylation is 2. The van der Waals surface area contributed by atoms with E-state index in [1.54, 1.807) is 19.5 Å². The molecule has 0 fully saturated rings. The maximum Gasteiger partial charge on any atom is 0.254 e. The minimum atomic E-state index is -0.0162. The van der Waals surface area contributed by atoms with E-state index in [1.807, 2.05) is 45.0 Å². The van der Waals surface area contributed by atoms with E-state index in [-0.39, 0.29) is 5.91 Å². The Morgan fingerprint density at radius 3 is 2.58 bits per heavy atom. The second-order valence-electron chi connectivity index (χ2n) is 6.19. The SMILES string of the molecule is COc1cc(C(=O)N(CCN(C)C)Cc2nc[nH]c2C)ccc1C. The van der Waals surface area contributed by atoms with E-state index < -0.39 is 0 Å². The zero-order valence-corrected chi connectivity index (χ0v) is 15.1. The lowest BCUT2D eigenvalue weighted by molar-refractivity contribution is 0.0729. The standard InChI is InChI=1S/C18H26N4O2/c1-13-6-7-15(10-17(13)24-5)18(23)22(9-8-21(3)4)11-16-14(2)19-12-20-16/h6-7,10,12H,8-9,11H2,1-5H3,(H,19,20). The van der Waals surface area contributed by atoms with Gasteiger partial charge >= 0.3 is 0 Å². The van der Waals surface area contributed by atoms with Crippen molar-refractivity contribution in [1.29, 1.82) is 0 Å². The molecular formula is C18H26N4O2. The highest BCUT2D eigenvalue weighted by Gasteiger charge is 2.19. The van der Waals surface area contributed by atoms with Crippen LogP contribution >= 0.6 is 0 Å². The van der Waals surface area contributed by atoms with Gasteiger partial charge in [0, 0.05) is 24.3 Å². The summed E-state index contributed by atoms with van der Waals surface area (Å²) in [6, 6.07) is 5.56. The van der Waals surface area contributed by atoms with Crippen molar-refractivity contribution in [3.8, 4) is 5.75 Å². The van der Waals surface area contributed by atoms with Crippen LogP contribution in [0, 0.1) is 13.8 Å². The first-order chi connectivity index (χ1) is 11.4. The minimum Gasteiger partial charge on any atom is -0.496 e. The quantitative estimate of drug-likeness (QED) is 0.846. The molecule has 0 radical (unpaired) electrons. The number of ether oxygens (including phenoxy) is 1. The van der Waals surface area contributed by atoms with Gasteiger partial charge in [-0.25, -0.2) is 4.98 Å². The lowest BCUT2D eigenvalue weighted by Crippen LogP contribution is -2.36. The summed E-state index contributed by atoms with van der Waals surface area (Å²) >= 11 is 0. The molecule has 2 rings (SSSR count). The van der Waals surface area contributed by atoms with Crippen molar-refractivity contribution in [3.63, 3.8) is 0 Å². The topological polar surface area (TPSA) is 61.5 Å². The number of benzene rings is 1. The number of nitrogens with zero attached hydrogens (tertiary/aromatic N) is 3. The molecule has 1 amide bonds. The average Bonchev–Trinajstić information content (AvgIpc) is 2.96. The number of aromatic nitrogens is 2. The van der Waals surface area contributed by atoms with Gasteiger partial charge in [0.15, 0.2) is 0 Å². The van der Waals surface area contributed by atoms with Gasteiger partial charge in [-0.3, -0.25) is 4.79 Å². The molecule has 0 unspecified atom stereocenters. The molecule has 6 nitrogen and oxygen atoms in total. The normalized spacial score (nSPS) is 10.9. The second kappa shape index (κ2) is 7.97. The average molecular weight is 330 g/mol. The Morgan fingerprint density at radius 2 is 2.00 bits per heavy atom. The van der Waals surface area contributed by atoms with Crippen molar-refractivity contribution in [2.75, 3.05) is 34.3 Å². The molecule has 0 aliphatic heterocycles. The van der Waals surface area contributed by atoms with Crippen molar-refractivity contribution in [2.24, 2.45) is 0 Å². The lowest BCUT2D eigenvalue weighted by atomic mass is 10.1. The van der Waals surface area contributed by atoms with Crippen LogP contribution in [0.4, 0.5) is 0 Å². The molecule has 6 heteroatoms. The predicted octanol–water partition coefficient (Wildman–Crippen LogP) is 2.24. The molecule has 2 aromatic rings. The van der Waals surface area contributed by atoms with E-state index >= 15 is 0 Å². The largest absolute Gasteiger partial charge is 0.496 e. The number of hydrogen-bond donors (Lipinski definition) is 1. The molecule has 1 N–H and O–H groups in total. The van der Waals surface area contributed by atoms with Crippen LogP contribution in [0.15, 0.2) is 24.5 Å². The summed E-state index contributed by atoms with van der Waals surface area (Å²) in [4.78, 5) is 24.3. The highest BCUT2D eigenvalue weighted by Crippen LogP contribution is 2.20. The molecule has 1 aromatic heterocycles. The first kappa shape index (κ1) is 18.0. The van der Waals surface area contributed by atoms with E-state index in [0.29, 0.717) is 18.7 Å². The zero-order chi connectivity index (χ0) is 17.7. The Morgan fingerprint density at radius 1 is 1.25 bits per heavy atom. The number of methoxy groups -OCH3 is 1. The maximum atomic E-state index is 13.0. The molecule has 0 aliphatic carbocycles. The number of H-pyrrole nitrogens is 1. The van der Waals surface area contributed by atoms with Gasteiger partial charge < -0.3 is 19.5 Å². The van der Waals surface area contributed by atoms with Crippen LogP contribution in [0.5, 0.6) is 5.75 Å². The van der Waals surface area contributed by atoms with Gasteiger partial charge in [-0.1, -0.05) is 6.07 Å². The summed E-state index contributed by atoms with van der Waals surface area (Å²) in [5.74, 6) is 0.710. The highest BCUT2D eigenvalue weighted by molar-refractivity contribution is 5.94. The van der Waals surface area contributed by atoms with Crippen LogP contribution in [0.25, 0.3) is 0 Å². The zero-order valence-electron chi connectivity index (χ0n) is 15.1. The van der Waals surface area contributed by atoms with Crippen molar-refractivity contribution >= 4 is 5.91 Å². The molecule has 0 spiro atoms. The third kappa shape index (κ3) is 4.35. The van der Waals surface area contributed by atoms with Crippen LogP contribution in [0.1, 0.15) is 27.3 Å². The summed E-state index contributed by atoms with van der Waals surface area (Å²) in [6.07, 6.45) is 1.66. The lowest BCUT2D eigenvalue weighted by Gasteiger charge is -2.24. The Hall–Kier alpha value is -2.34. The van der Waals surface area contributed by atoms with Gasteiger partial charge in [0.2, 0.25) is 0 Å². The fraction of sp³-hybridized carbons (Fsp3) is 0.444. The summed E-state index contributed by atoms with van der Waals surface area (Å²) in [5.41, 5.74) is 3.52. The van der Waals surface area contributed by atoms with Crippen molar-refractivity contribution in [1.82, 2.24) is 19.8 Å². The summed E-state index contributed by atoms with van der Waals surface area (Å²) in [5, 5.41) is 0. The molecule has 130 valence electrons. The molecule has 0 saturated heterocycles. The smallest absolute Gasteiger partial charge is 0.254 e. The summed E-state index contributed by atoms with van der Waals surface area (Å²) in [6.45, 7) is 5.83. The van der Waals surface area contributed by atoms with Crippen LogP contribution in [0.2, 0.25) is 0 Å². The molecule has 0 atom stereocenters. The van der Waals surface area contributed by atoms with Gasteiger partial charge in [-0.15, -0.1) is 0 Å². The maximum absolute atomic E-state index is 13.0. The summed E-state index contributed by atoms with van der Waals surface area (Å²) in [7, 11) is 5.61. The molecule has 1 heterocycles. The van der Waals surface area contributed by atoms with Crippen molar-refractivity contribution in [3.05, 3.63) is 47.0 Å². The van der Waals surface area contributed by atoms with E-state index in [2.05, 4.69) is 14.9 Å². The predicted molar refractivity (Wildman–Crippen MR) is 94.4 cm³/mol. The molecule has 24 heavy (non-hydrogen) atoms. The Labute approximate surface area is 143 Å². The van der Waals surface area contributed by atoms with Crippen LogP contribution < -0.4 is 4.74 Å². The number of imidazole rings is 1. The van der Waals surface area contributed by atoms with E-state index in [9.17, 15) is 4.79 Å². The third-order valence-electron chi connectivity index (χ3n) is 4.03. The number of amides is 1. The molecule has 0 bridgehead atoms. The number of carbonyl (C=O) groups is 1. The number of likely N-dealkylation sites (N-methyl/N-ethyl adjacent to an activating group) is 1. The second-order valence-corrected chi connectivity index (χ2v) is 6.19. The van der Waals surface area contributed by atoms with Crippen LogP contribution in [-0.4, -0.2) is 60.0 Å². The first-order valence-corrected chi connectivity index (χ1v) is 8.00. The highest BCUT2D eigenvalue weighted by atomic mass is 16.5. The monoisotopic (exact) mass is 330 g/mol. The van der Waals surface area contributed by atoms with Gasteiger partial charge in [-0.05, 0) is 45.6 Å². The molecule has 0 aliphatic rings. The Balaban J connectivity index is 2.24. The van der Waals surface area contributed by atoms with Gasteiger partial charge in [0.1, 0.15) is 5.75 Å². The first-order valence-electron chi connectivity index (χ1n) is 8.00. The Kier molecular flexibility index (Phi) is 5.98. The fourth-order valence-corrected chi connectivity index (χ4v) is 2.44. The van der Waals surface area contributed by atoms with E-state index in [4.69, 9.17) is 4.74 Å². The van der Waals surface area contributed by atoms with Crippen molar-refractivity contribution in [2.45, 2.75) is 20.4 Å². The van der Waals surface area contributed by atoms with Gasteiger partial charge in [-0.2, -0.15) is 0 Å². The molecular weight excluding hydrogens is 304 g/mol. The Bertz CT molecular complexity index is 694. The molecule has 0 saturated carbocycles. The fourth-order valence-electron chi connectivity index (χ4n) is 2.44. The van der Waals surface area contributed by atoms with Crippen LogP contribution in [-0.2, 0) is 6.54 Å². The number of hydrogen-bond acceptors (Lipinski definition) is 4. The number of aromatic amines is 1. The number of carbonyl (C=O) groups excluding carboxylic acids is 1. The van der Waals surface area contributed by atoms with E-state index in [0.717, 1.165) is 29.2 Å².